The lowest BCUT2D eigenvalue weighted by Crippen LogP contribution is -2.04. The molecule has 0 aliphatic heterocycles. The predicted molar refractivity (Wildman–Crippen MR) is 115 cm³/mol. The van der Waals surface area contributed by atoms with Crippen LogP contribution in [0.5, 0.6) is 0 Å². The summed E-state index contributed by atoms with van der Waals surface area (Å²) in [6.45, 7) is 0.682. The lowest BCUT2D eigenvalue weighted by molar-refractivity contribution is 0.714. The summed E-state index contributed by atoms with van der Waals surface area (Å²) in [7, 11) is 0. The molecule has 0 spiro atoms. The van der Waals surface area contributed by atoms with E-state index in [1.165, 1.54) is 5.56 Å². The van der Waals surface area contributed by atoms with Crippen LogP contribution in [0, 0.1) is 0 Å². The van der Waals surface area contributed by atoms with Crippen LogP contribution in [0.4, 0.5) is 0 Å². The Morgan fingerprint density at radius 3 is 2.46 bits per heavy atom. The maximum absolute atomic E-state index is 6.14. The summed E-state index contributed by atoms with van der Waals surface area (Å²) in [5.41, 5.74) is 3.20. The van der Waals surface area contributed by atoms with Crippen molar-refractivity contribution in [2.24, 2.45) is 0 Å². The molecule has 2 aromatic heterocycles. The summed E-state index contributed by atoms with van der Waals surface area (Å²) < 4.78 is 2.12. The van der Waals surface area contributed by atoms with Gasteiger partial charge in [0.15, 0.2) is 11.0 Å². The zero-order valence-corrected chi connectivity index (χ0v) is 17.1. The van der Waals surface area contributed by atoms with E-state index in [0.29, 0.717) is 16.6 Å². The SMILES string of the molecule is Clc1ccc(CSc2nnc(-c3cccnc3)n2Cc2ccccc2)cc1Cl. The molecule has 0 fully saturated rings. The highest BCUT2D eigenvalue weighted by Gasteiger charge is 2.15. The Morgan fingerprint density at radius 1 is 0.857 bits per heavy atom. The molecule has 4 nitrogen and oxygen atoms in total. The van der Waals surface area contributed by atoms with Crippen molar-refractivity contribution in [1.29, 1.82) is 0 Å². The van der Waals surface area contributed by atoms with Gasteiger partial charge in [-0.3, -0.25) is 9.55 Å². The van der Waals surface area contributed by atoms with Crippen molar-refractivity contribution in [3.05, 3.63) is 94.2 Å². The van der Waals surface area contributed by atoms with Gasteiger partial charge in [0.1, 0.15) is 0 Å². The van der Waals surface area contributed by atoms with Gasteiger partial charge in [-0.2, -0.15) is 0 Å². The molecule has 28 heavy (non-hydrogen) atoms. The second-order valence-electron chi connectivity index (χ2n) is 6.16. The molecule has 2 heterocycles. The minimum absolute atomic E-state index is 0.557. The highest BCUT2D eigenvalue weighted by Crippen LogP contribution is 2.29. The van der Waals surface area contributed by atoms with E-state index in [-0.39, 0.29) is 0 Å². The van der Waals surface area contributed by atoms with Gasteiger partial charge in [-0.15, -0.1) is 10.2 Å². The lowest BCUT2D eigenvalue weighted by atomic mass is 10.2. The highest BCUT2D eigenvalue weighted by atomic mass is 35.5. The minimum Gasteiger partial charge on any atom is -0.297 e. The van der Waals surface area contributed by atoms with Crippen LogP contribution in [0.2, 0.25) is 10.0 Å². The Bertz CT molecular complexity index is 1070. The summed E-state index contributed by atoms with van der Waals surface area (Å²) >= 11 is 13.8. The summed E-state index contributed by atoms with van der Waals surface area (Å²) in [6.07, 6.45) is 3.56. The van der Waals surface area contributed by atoms with E-state index in [2.05, 4.69) is 31.9 Å². The first-order valence-corrected chi connectivity index (χ1v) is 10.4. The van der Waals surface area contributed by atoms with Crippen molar-refractivity contribution < 1.29 is 0 Å². The molecule has 140 valence electrons. The van der Waals surface area contributed by atoms with E-state index in [1.807, 2.05) is 48.5 Å². The number of rotatable bonds is 6. The summed E-state index contributed by atoms with van der Waals surface area (Å²) in [5.74, 6) is 1.52. The third-order valence-electron chi connectivity index (χ3n) is 4.17. The number of benzene rings is 2. The van der Waals surface area contributed by atoms with Gasteiger partial charge in [0.2, 0.25) is 0 Å². The van der Waals surface area contributed by atoms with Crippen molar-refractivity contribution in [2.75, 3.05) is 0 Å². The number of aromatic nitrogens is 4. The molecule has 0 radical (unpaired) electrons. The minimum atomic E-state index is 0.557. The number of nitrogens with zero attached hydrogens (tertiary/aromatic N) is 4. The molecule has 0 bridgehead atoms. The van der Waals surface area contributed by atoms with E-state index >= 15 is 0 Å². The average molecular weight is 427 g/mol. The first-order chi connectivity index (χ1) is 13.7. The molecule has 0 aliphatic carbocycles. The van der Waals surface area contributed by atoms with Gasteiger partial charge >= 0.3 is 0 Å². The van der Waals surface area contributed by atoms with Gasteiger partial charge in [-0.25, -0.2) is 0 Å². The normalized spacial score (nSPS) is 10.9. The first kappa shape index (κ1) is 19.0. The number of halogens is 2. The maximum atomic E-state index is 6.14. The maximum Gasteiger partial charge on any atom is 0.192 e. The van der Waals surface area contributed by atoms with Gasteiger partial charge in [-0.05, 0) is 35.4 Å². The summed E-state index contributed by atoms with van der Waals surface area (Å²) in [6, 6.07) is 19.8. The molecular formula is C21H16Cl2N4S. The molecule has 7 heteroatoms. The van der Waals surface area contributed by atoms with E-state index in [1.54, 1.807) is 24.2 Å². The van der Waals surface area contributed by atoms with Crippen LogP contribution in [-0.2, 0) is 12.3 Å². The van der Waals surface area contributed by atoms with Crippen molar-refractivity contribution in [3.63, 3.8) is 0 Å². The monoisotopic (exact) mass is 426 g/mol. The molecule has 4 aromatic rings. The zero-order chi connectivity index (χ0) is 19.3. The standard InChI is InChI=1S/C21H16Cl2N4S/c22-18-9-8-16(11-19(18)23)14-28-21-26-25-20(17-7-4-10-24-12-17)27(21)13-15-5-2-1-3-6-15/h1-12H,13-14H2. The number of hydrogen-bond acceptors (Lipinski definition) is 4. The fourth-order valence-electron chi connectivity index (χ4n) is 2.79. The highest BCUT2D eigenvalue weighted by molar-refractivity contribution is 7.98. The van der Waals surface area contributed by atoms with Crippen LogP contribution >= 0.6 is 35.0 Å². The van der Waals surface area contributed by atoms with Gasteiger partial charge in [0.05, 0.1) is 16.6 Å². The Kier molecular flexibility index (Phi) is 5.95. The van der Waals surface area contributed by atoms with Crippen LogP contribution < -0.4 is 0 Å². The third-order valence-corrected chi connectivity index (χ3v) is 5.95. The average Bonchev–Trinajstić information content (AvgIpc) is 3.13. The Hall–Kier alpha value is -2.34. The fourth-order valence-corrected chi connectivity index (χ4v) is 3.99. The van der Waals surface area contributed by atoms with Crippen LogP contribution in [0.15, 0.2) is 78.2 Å². The lowest BCUT2D eigenvalue weighted by Gasteiger charge is -2.10. The van der Waals surface area contributed by atoms with Crippen LogP contribution in [0.3, 0.4) is 0 Å². The molecule has 0 amide bonds. The van der Waals surface area contributed by atoms with E-state index < -0.39 is 0 Å². The van der Waals surface area contributed by atoms with E-state index in [0.717, 1.165) is 27.9 Å². The second kappa shape index (κ2) is 8.78. The third kappa shape index (κ3) is 4.38. The van der Waals surface area contributed by atoms with Gasteiger partial charge in [0, 0.05) is 23.7 Å². The van der Waals surface area contributed by atoms with Crippen LogP contribution in [0.25, 0.3) is 11.4 Å². The van der Waals surface area contributed by atoms with E-state index in [9.17, 15) is 0 Å². The fraction of sp³-hybridized carbons (Fsp3) is 0.0952. The Balaban J connectivity index is 1.64. The molecule has 0 saturated heterocycles. The topological polar surface area (TPSA) is 43.6 Å². The molecule has 0 atom stereocenters. The van der Waals surface area contributed by atoms with Crippen molar-refractivity contribution in [3.8, 4) is 11.4 Å². The van der Waals surface area contributed by atoms with Crippen molar-refractivity contribution in [1.82, 2.24) is 19.7 Å². The molecule has 0 N–H and O–H groups in total. The first-order valence-electron chi connectivity index (χ1n) is 8.65. The molecule has 2 aromatic carbocycles. The quantitative estimate of drug-likeness (QED) is 0.355. The smallest absolute Gasteiger partial charge is 0.192 e. The molecule has 0 unspecified atom stereocenters. The van der Waals surface area contributed by atoms with Gasteiger partial charge in [0.25, 0.3) is 0 Å². The Labute approximate surface area is 177 Å². The van der Waals surface area contributed by atoms with E-state index in [4.69, 9.17) is 23.2 Å². The summed E-state index contributed by atoms with van der Waals surface area (Å²) in [5, 5.41) is 10.8. The van der Waals surface area contributed by atoms with Crippen LogP contribution in [-0.4, -0.2) is 19.7 Å². The van der Waals surface area contributed by atoms with Crippen LogP contribution in [0.1, 0.15) is 11.1 Å². The molecule has 0 saturated carbocycles. The zero-order valence-electron chi connectivity index (χ0n) is 14.8. The van der Waals surface area contributed by atoms with Gasteiger partial charge in [-0.1, -0.05) is 71.4 Å². The largest absolute Gasteiger partial charge is 0.297 e. The molecule has 4 rings (SSSR count). The summed E-state index contributed by atoms with van der Waals surface area (Å²) in [4.78, 5) is 4.21. The second-order valence-corrected chi connectivity index (χ2v) is 7.91. The van der Waals surface area contributed by atoms with Crippen molar-refractivity contribution in [2.45, 2.75) is 17.5 Å². The molecule has 0 aliphatic rings. The number of pyridine rings is 1. The van der Waals surface area contributed by atoms with Gasteiger partial charge < -0.3 is 0 Å². The predicted octanol–water partition coefficient (Wildman–Crippen LogP) is 5.99. The number of hydrogen-bond donors (Lipinski definition) is 0. The Morgan fingerprint density at radius 2 is 1.71 bits per heavy atom. The van der Waals surface area contributed by atoms with Crippen molar-refractivity contribution >= 4 is 35.0 Å². The number of thioether (sulfide) groups is 1. The molecular weight excluding hydrogens is 411 g/mol.